The van der Waals surface area contributed by atoms with E-state index in [0.717, 1.165) is 85.6 Å². The number of nitrogens with zero attached hydrogens (tertiary/aromatic N) is 2. The van der Waals surface area contributed by atoms with Gasteiger partial charge in [-0.2, -0.15) is 16.8 Å². The smallest absolute Gasteiger partial charge is 0.339 e. The van der Waals surface area contributed by atoms with Gasteiger partial charge in [-0.05, 0) is 149 Å². The van der Waals surface area contributed by atoms with Gasteiger partial charge >= 0.3 is 20.2 Å². The third-order valence-corrected chi connectivity index (χ3v) is 16.1. The van der Waals surface area contributed by atoms with Gasteiger partial charge < -0.3 is 50.7 Å². The molecule has 2 aliphatic heterocycles. The first kappa shape index (κ1) is 59.0. The Bertz CT molecular complexity index is 2920. The van der Waals surface area contributed by atoms with Crippen LogP contribution >= 0.6 is 47.5 Å². The lowest BCUT2D eigenvalue weighted by Crippen LogP contribution is -2.30. The van der Waals surface area contributed by atoms with Gasteiger partial charge in [0.1, 0.15) is 21.3 Å². The normalized spacial score (nSPS) is 14.3. The molecule has 0 atom stereocenters. The summed E-state index contributed by atoms with van der Waals surface area (Å²) in [4.78, 5) is 33.8. The second-order valence-corrected chi connectivity index (χ2v) is 23.0. The zero-order chi connectivity index (χ0) is 50.2. The van der Waals surface area contributed by atoms with Gasteiger partial charge in [0.05, 0.1) is 27.0 Å². The quantitative estimate of drug-likeness (QED) is 0.0236. The SMILES string of the molecule is CC(C)CNc1ccc(S(=O)(=O)Oc2ccc3nc(NC(=O)CC4CCNCC4)sc3c2)cc1.Cl.Cl.O=C(CCC1CCNCC1)Nc1nc2ccc(OS(=O)(=O)c3ccc(NCCNCCO)cc3)cc2s1. The molecule has 2 fully saturated rings. The summed E-state index contributed by atoms with van der Waals surface area (Å²) >= 11 is 2.58. The fourth-order valence-corrected chi connectivity index (χ4v) is 11.5. The predicted octanol–water partition coefficient (Wildman–Crippen LogP) is 8.08. The highest BCUT2D eigenvalue weighted by Crippen LogP contribution is 2.33. The van der Waals surface area contributed by atoms with Crippen LogP contribution < -0.4 is 45.6 Å². The zero-order valence-electron chi connectivity index (χ0n) is 40.7. The number of aliphatic hydroxyl groups is 1. The zero-order valence-corrected chi connectivity index (χ0v) is 45.6. The average molecular weight is 1120 g/mol. The van der Waals surface area contributed by atoms with E-state index in [1.54, 1.807) is 60.7 Å². The number of anilines is 4. The molecule has 2 aromatic heterocycles. The molecule has 2 amide bonds. The first-order chi connectivity index (χ1) is 34.2. The van der Waals surface area contributed by atoms with Crippen LogP contribution in [0.1, 0.15) is 58.8 Å². The van der Waals surface area contributed by atoms with Crippen LogP contribution in [0, 0.1) is 17.8 Å². The van der Waals surface area contributed by atoms with Crippen LogP contribution in [0.25, 0.3) is 20.4 Å². The Hall–Kier alpha value is -4.88. The Morgan fingerprint density at radius 1 is 0.658 bits per heavy atom. The van der Waals surface area contributed by atoms with E-state index in [4.69, 9.17) is 13.5 Å². The average Bonchev–Trinajstić information content (AvgIpc) is 3.95. The number of hydrogen-bond acceptors (Lipinski definition) is 18. The number of carbonyl (C=O) groups is 2. The van der Waals surface area contributed by atoms with Gasteiger partial charge in [0.2, 0.25) is 11.8 Å². The molecule has 0 radical (unpaired) electrons. The topological polar surface area (TPSA) is 251 Å². The number of fused-ring (bicyclic) bond motifs is 2. The molecule has 2 saturated heterocycles. The molecule has 0 saturated carbocycles. The van der Waals surface area contributed by atoms with Crippen molar-refractivity contribution >= 4 is 122 Å². The number of carbonyl (C=O) groups excluding carboxylic acids is 2. The van der Waals surface area contributed by atoms with E-state index < -0.39 is 20.2 Å². The highest BCUT2D eigenvalue weighted by molar-refractivity contribution is 7.87. The molecule has 398 valence electrons. The maximum absolute atomic E-state index is 12.8. The maximum Gasteiger partial charge on any atom is 0.339 e. The molecule has 24 heteroatoms. The molecule has 4 heterocycles. The van der Waals surface area contributed by atoms with Gasteiger partial charge in [-0.3, -0.25) is 9.59 Å². The molecule has 18 nitrogen and oxygen atoms in total. The highest BCUT2D eigenvalue weighted by atomic mass is 35.5. The number of benzene rings is 4. The maximum atomic E-state index is 12.8. The highest BCUT2D eigenvalue weighted by Gasteiger charge is 2.22. The van der Waals surface area contributed by atoms with Crippen LogP contribution in [0.3, 0.4) is 0 Å². The Labute approximate surface area is 447 Å². The second-order valence-electron chi connectivity index (χ2n) is 17.8. The van der Waals surface area contributed by atoms with Gasteiger partial charge in [-0.1, -0.05) is 36.5 Å². The fraction of sp³-hybridized carbons (Fsp3) is 0.429. The molecule has 0 unspecified atom stereocenters. The van der Waals surface area contributed by atoms with E-state index >= 15 is 0 Å². The lowest BCUT2D eigenvalue weighted by Gasteiger charge is -2.21. The summed E-state index contributed by atoms with van der Waals surface area (Å²) in [6, 6.07) is 22.6. The first-order valence-corrected chi connectivity index (χ1v) is 28.4. The molecular weight excluding hydrogens is 1060 g/mol. The number of aliphatic hydroxyl groups excluding tert-OH is 1. The number of aromatic nitrogens is 2. The Morgan fingerprint density at radius 2 is 1.14 bits per heavy atom. The van der Waals surface area contributed by atoms with Gasteiger partial charge in [-0.15, -0.1) is 24.8 Å². The third-order valence-electron chi connectivity index (χ3n) is 11.7. The number of piperidine rings is 2. The minimum Gasteiger partial charge on any atom is -0.395 e. The summed E-state index contributed by atoms with van der Waals surface area (Å²) < 4.78 is 63.2. The monoisotopic (exact) mass is 1120 g/mol. The molecule has 0 spiro atoms. The lowest BCUT2D eigenvalue weighted by atomic mass is 9.93. The molecule has 6 aromatic rings. The van der Waals surface area contributed by atoms with E-state index in [9.17, 15) is 26.4 Å². The summed E-state index contributed by atoms with van der Waals surface area (Å²) in [5.74, 6) is 1.73. The second kappa shape index (κ2) is 28.7. The van der Waals surface area contributed by atoms with Crippen LogP contribution in [-0.4, -0.2) is 103 Å². The molecule has 4 aromatic carbocycles. The molecule has 8 N–H and O–H groups in total. The summed E-state index contributed by atoms with van der Waals surface area (Å²) in [6.07, 6.45) is 6.01. The summed E-state index contributed by atoms with van der Waals surface area (Å²) in [5.41, 5.74) is 2.97. The molecule has 8 rings (SSSR count). The van der Waals surface area contributed by atoms with Crippen molar-refractivity contribution in [3.8, 4) is 11.5 Å². The number of halogens is 2. The van der Waals surface area contributed by atoms with E-state index in [1.165, 1.54) is 46.9 Å². The Balaban J connectivity index is 0.000000264. The summed E-state index contributed by atoms with van der Waals surface area (Å²) in [5, 5.41) is 31.6. The van der Waals surface area contributed by atoms with Crippen LogP contribution in [0.2, 0.25) is 0 Å². The van der Waals surface area contributed by atoms with Gasteiger partial charge in [0.15, 0.2) is 10.3 Å². The van der Waals surface area contributed by atoms with Crippen LogP contribution in [-0.2, 0) is 29.8 Å². The van der Waals surface area contributed by atoms with Crippen molar-refractivity contribution in [1.29, 1.82) is 0 Å². The first-order valence-electron chi connectivity index (χ1n) is 23.9. The Kier molecular flexibility index (Phi) is 23.2. The third kappa shape index (κ3) is 18.5. The number of hydrogen-bond donors (Lipinski definition) is 8. The number of rotatable bonds is 22. The fourth-order valence-electron chi connectivity index (χ4n) is 7.88. The van der Waals surface area contributed by atoms with Gasteiger partial charge in [-0.25, -0.2) is 9.97 Å². The number of thiazole rings is 2. The predicted molar refractivity (Wildman–Crippen MR) is 296 cm³/mol. The Morgan fingerprint density at radius 3 is 1.63 bits per heavy atom. The van der Waals surface area contributed by atoms with Crippen LogP contribution in [0.5, 0.6) is 11.5 Å². The number of nitrogens with one attached hydrogen (secondary N) is 7. The summed E-state index contributed by atoms with van der Waals surface area (Å²) in [7, 11) is -8.00. The largest absolute Gasteiger partial charge is 0.395 e. The minimum atomic E-state index is -4.02. The van der Waals surface area contributed by atoms with Crippen molar-refractivity contribution in [3.05, 3.63) is 84.9 Å². The van der Waals surface area contributed by atoms with E-state index in [2.05, 4.69) is 61.0 Å². The van der Waals surface area contributed by atoms with Crippen molar-refractivity contribution in [2.24, 2.45) is 17.8 Å². The van der Waals surface area contributed by atoms with Crippen molar-refractivity contribution < 1.29 is 39.9 Å². The molecular formula is C49H65Cl2N9O9S4. The molecule has 0 bridgehead atoms. The van der Waals surface area contributed by atoms with E-state index in [1.807, 2.05) is 0 Å². The van der Waals surface area contributed by atoms with Gasteiger partial charge in [0.25, 0.3) is 0 Å². The van der Waals surface area contributed by atoms with E-state index in [-0.39, 0.29) is 64.5 Å². The standard InChI is InChI=1S/C25H33N5O5S2.C24H30N4O4S2.2ClH/c31-16-15-27-13-14-28-19-2-5-21(6-3-19)37(33,34)35-20-4-7-22-23(17-20)36-25(29-22)30-24(32)8-1-18-9-11-26-12-10-18;1-16(2)15-26-18-3-6-20(7-4-18)34(30,31)32-19-5-8-21-22(14-19)33-24(27-21)28-23(29)13-17-9-11-25-12-10-17;;/h2-7,17-18,26-28,31H,1,8-16H2,(H,29,30,32);3-8,14,16-17,25-26H,9-13,15H2,1-2H3,(H,27,28,29);2*1H. The molecule has 2 aliphatic rings. The van der Waals surface area contributed by atoms with E-state index in [0.29, 0.717) is 71.5 Å². The van der Waals surface area contributed by atoms with Crippen molar-refractivity contribution in [2.75, 3.05) is 80.2 Å². The molecule has 73 heavy (non-hydrogen) atoms. The lowest BCUT2D eigenvalue weighted by molar-refractivity contribution is -0.117. The molecule has 0 aliphatic carbocycles. The van der Waals surface area contributed by atoms with Crippen LogP contribution in [0.15, 0.2) is 94.7 Å². The van der Waals surface area contributed by atoms with Crippen molar-refractivity contribution in [1.82, 2.24) is 25.9 Å². The summed E-state index contributed by atoms with van der Waals surface area (Å²) in [6.45, 7) is 10.8. The number of amides is 2. The van der Waals surface area contributed by atoms with Crippen molar-refractivity contribution in [2.45, 2.75) is 68.6 Å². The van der Waals surface area contributed by atoms with Crippen LogP contribution in [0.4, 0.5) is 21.6 Å². The van der Waals surface area contributed by atoms with Gasteiger partial charge in [0, 0.05) is 62.5 Å². The van der Waals surface area contributed by atoms with Crippen molar-refractivity contribution in [3.63, 3.8) is 0 Å². The minimum absolute atomic E-state index is 0.